The van der Waals surface area contributed by atoms with Crippen LogP contribution in [0, 0.1) is 17.7 Å². The number of hydrogen-bond acceptors (Lipinski definition) is 2. The lowest BCUT2D eigenvalue weighted by Gasteiger charge is -2.26. The highest BCUT2D eigenvalue weighted by Crippen LogP contribution is 2.40. The van der Waals surface area contributed by atoms with Gasteiger partial charge in [-0.15, -0.1) is 0 Å². The summed E-state index contributed by atoms with van der Waals surface area (Å²) in [4.78, 5) is 26.3. The number of nitrogens with one attached hydrogen (secondary N) is 1. The molecule has 1 N–H and O–H groups in total. The third-order valence-corrected chi connectivity index (χ3v) is 4.76. The molecule has 1 aliphatic heterocycles. The normalized spacial score (nSPS) is 23.4. The predicted molar refractivity (Wildman–Crippen MR) is 85.1 cm³/mol. The van der Waals surface area contributed by atoms with Crippen LogP contribution < -0.4 is 5.32 Å². The Morgan fingerprint density at radius 2 is 1.87 bits per heavy atom. The van der Waals surface area contributed by atoms with Gasteiger partial charge in [-0.25, -0.2) is 4.39 Å². The summed E-state index contributed by atoms with van der Waals surface area (Å²) in [5, 5.41) is 2.83. The van der Waals surface area contributed by atoms with Crippen LogP contribution in [0.5, 0.6) is 0 Å². The van der Waals surface area contributed by atoms with Gasteiger partial charge in [0.05, 0.1) is 11.8 Å². The molecule has 0 bridgehead atoms. The first-order chi connectivity index (χ1) is 11.2. The number of carbonyl (C=O) groups excluding carboxylic acids is 2. The van der Waals surface area contributed by atoms with Gasteiger partial charge in [0.15, 0.2) is 0 Å². The Morgan fingerprint density at radius 3 is 2.61 bits per heavy atom. The van der Waals surface area contributed by atoms with Gasteiger partial charge in [-0.3, -0.25) is 9.59 Å². The first-order valence-corrected chi connectivity index (χ1v) is 8.46. The summed E-state index contributed by atoms with van der Waals surface area (Å²) < 4.78 is 13.5. The van der Waals surface area contributed by atoms with E-state index in [4.69, 9.17) is 0 Å². The molecule has 4 nitrogen and oxygen atoms in total. The monoisotopic (exact) mass is 318 g/mol. The SMILES string of the molecule is O=C(NCCc1ccccc1F)C1CC1C(=O)N1CCCCC1. The van der Waals surface area contributed by atoms with Crippen molar-refractivity contribution in [3.63, 3.8) is 0 Å². The van der Waals surface area contributed by atoms with Gasteiger partial charge in [0.1, 0.15) is 5.82 Å². The summed E-state index contributed by atoms with van der Waals surface area (Å²) in [6.07, 6.45) is 4.45. The molecule has 2 atom stereocenters. The highest BCUT2D eigenvalue weighted by atomic mass is 19.1. The van der Waals surface area contributed by atoms with E-state index in [0.717, 1.165) is 25.9 Å². The number of benzene rings is 1. The number of likely N-dealkylation sites (tertiary alicyclic amines) is 1. The lowest BCUT2D eigenvalue weighted by atomic mass is 10.1. The smallest absolute Gasteiger partial charge is 0.226 e. The maximum absolute atomic E-state index is 13.5. The maximum atomic E-state index is 13.5. The molecular weight excluding hydrogens is 295 g/mol. The largest absolute Gasteiger partial charge is 0.356 e. The molecule has 1 aliphatic carbocycles. The van der Waals surface area contributed by atoms with E-state index >= 15 is 0 Å². The van der Waals surface area contributed by atoms with Crippen molar-refractivity contribution in [1.29, 1.82) is 0 Å². The molecule has 5 heteroatoms. The minimum atomic E-state index is -0.244. The molecule has 0 aromatic heterocycles. The van der Waals surface area contributed by atoms with Gasteiger partial charge >= 0.3 is 0 Å². The molecule has 1 aromatic carbocycles. The Morgan fingerprint density at radius 1 is 1.13 bits per heavy atom. The zero-order valence-corrected chi connectivity index (χ0v) is 13.3. The molecule has 0 spiro atoms. The standard InChI is InChI=1S/C18H23FN2O2/c19-16-7-3-2-6-13(16)8-9-20-17(22)14-12-15(14)18(23)21-10-4-1-5-11-21/h2-3,6-7,14-15H,1,4-5,8-12H2,(H,20,22). The van der Waals surface area contributed by atoms with Crippen LogP contribution in [0.2, 0.25) is 0 Å². The summed E-state index contributed by atoms with van der Waals surface area (Å²) >= 11 is 0. The van der Waals surface area contributed by atoms with Crippen molar-refractivity contribution < 1.29 is 14.0 Å². The quantitative estimate of drug-likeness (QED) is 0.904. The summed E-state index contributed by atoms with van der Waals surface area (Å²) in [5.41, 5.74) is 0.601. The average Bonchev–Trinajstić information content (AvgIpc) is 3.37. The molecule has 1 saturated heterocycles. The Labute approximate surface area is 136 Å². The zero-order valence-electron chi connectivity index (χ0n) is 13.3. The fraction of sp³-hybridized carbons (Fsp3) is 0.556. The number of nitrogens with zero attached hydrogens (tertiary/aromatic N) is 1. The van der Waals surface area contributed by atoms with Crippen LogP contribution in [0.4, 0.5) is 4.39 Å². The second-order valence-corrected chi connectivity index (χ2v) is 6.47. The van der Waals surface area contributed by atoms with Crippen molar-refractivity contribution in [2.75, 3.05) is 19.6 Å². The van der Waals surface area contributed by atoms with Crippen molar-refractivity contribution in [1.82, 2.24) is 10.2 Å². The van der Waals surface area contributed by atoms with Crippen LogP contribution in [0.1, 0.15) is 31.2 Å². The highest BCUT2D eigenvalue weighted by molar-refractivity contribution is 5.92. The first-order valence-electron chi connectivity index (χ1n) is 8.46. The van der Waals surface area contributed by atoms with E-state index in [2.05, 4.69) is 5.32 Å². The Hall–Kier alpha value is -1.91. The lowest BCUT2D eigenvalue weighted by molar-refractivity contribution is -0.135. The summed E-state index contributed by atoms with van der Waals surface area (Å²) in [7, 11) is 0. The highest BCUT2D eigenvalue weighted by Gasteiger charge is 2.49. The molecule has 23 heavy (non-hydrogen) atoms. The molecular formula is C18H23FN2O2. The predicted octanol–water partition coefficient (Wildman–Crippen LogP) is 2.13. The Balaban J connectivity index is 1.42. The fourth-order valence-corrected chi connectivity index (χ4v) is 3.26. The van der Waals surface area contributed by atoms with Crippen molar-refractivity contribution in [3.05, 3.63) is 35.6 Å². The van der Waals surface area contributed by atoms with E-state index in [-0.39, 0.29) is 29.5 Å². The van der Waals surface area contributed by atoms with E-state index in [9.17, 15) is 14.0 Å². The van der Waals surface area contributed by atoms with Gasteiger partial charge in [-0.2, -0.15) is 0 Å². The second kappa shape index (κ2) is 7.11. The topological polar surface area (TPSA) is 49.4 Å². The number of amides is 2. The molecule has 1 heterocycles. The van der Waals surface area contributed by atoms with Gasteiger partial charge in [-0.05, 0) is 43.7 Å². The third-order valence-electron chi connectivity index (χ3n) is 4.76. The van der Waals surface area contributed by atoms with Crippen LogP contribution in [-0.2, 0) is 16.0 Å². The molecule has 3 rings (SSSR count). The molecule has 2 aliphatic rings. The minimum absolute atomic E-state index is 0.0725. The molecule has 2 fully saturated rings. The van der Waals surface area contributed by atoms with E-state index in [0.29, 0.717) is 24.9 Å². The molecule has 0 radical (unpaired) electrons. The molecule has 1 saturated carbocycles. The van der Waals surface area contributed by atoms with Gasteiger partial charge in [0.2, 0.25) is 11.8 Å². The fourth-order valence-electron chi connectivity index (χ4n) is 3.26. The van der Waals surface area contributed by atoms with E-state index in [1.54, 1.807) is 18.2 Å². The summed E-state index contributed by atoms with van der Waals surface area (Å²) in [6.45, 7) is 2.06. The second-order valence-electron chi connectivity index (χ2n) is 6.47. The van der Waals surface area contributed by atoms with Crippen LogP contribution in [-0.4, -0.2) is 36.3 Å². The van der Waals surface area contributed by atoms with Crippen molar-refractivity contribution in [2.45, 2.75) is 32.1 Å². The number of carbonyl (C=O) groups is 2. The lowest BCUT2D eigenvalue weighted by Crippen LogP contribution is -2.38. The molecule has 2 unspecified atom stereocenters. The average molecular weight is 318 g/mol. The van der Waals surface area contributed by atoms with Crippen molar-refractivity contribution in [3.8, 4) is 0 Å². The molecule has 1 aromatic rings. The maximum Gasteiger partial charge on any atom is 0.226 e. The van der Waals surface area contributed by atoms with E-state index < -0.39 is 0 Å². The summed E-state index contributed by atoms with van der Waals surface area (Å²) in [5.74, 6) is -0.506. The van der Waals surface area contributed by atoms with Crippen molar-refractivity contribution >= 4 is 11.8 Å². The first kappa shape index (κ1) is 16.0. The van der Waals surface area contributed by atoms with Crippen LogP contribution >= 0.6 is 0 Å². The number of piperidine rings is 1. The van der Waals surface area contributed by atoms with Crippen LogP contribution in [0.15, 0.2) is 24.3 Å². The van der Waals surface area contributed by atoms with Crippen molar-refractivity contribution in [2.24, 2.45) is 11.8 Å². The van der Waals surface area contributed by atoms with Gasteiger partial charge in [-0.1, -0.05) is 18.2 Å². The van der Waals surface area contributed by atoms with Crippen LogP contribution in [0.25, 0.3) is 0 Å². The summed E-state index contributed by atoms with van der Waals surface area (Å²) in [6, 6.07) is 6.58. The Bertz CT molecular complexity index is 584. The van der Waals surface area contributed by atoms with Crippen LogP contribution in [0.3, 0.4) is 0 Å². The van der Waals surface area contributed by atoms with Gasteiger partial charge in [0, 0.05) is 19.6 Å². The van der Waals surface area contributed by atoms with E-state index in [1.807, 2.05) is 4.90 Å². The van der Waals surface area contributed by atoms with Gasteiger partial charge in [0.25, 0.3) is 0 Å². The molecule has 2 amide bonds. The zero-order chi connectivity index (χ0) is 16.2. The van der Waals surface area contributed by atoms with Gasteiger partial charge < -0.3 is 10.2 Å². The Kier molecular flexibility index (Phi) is 4.94. The number of hydrogen-bond donors (Lipinski definition) is 1. The minimum Gasteiger partial charge on any atom is -0.356 e. The molecule has 124 valence electrons. The van der Waals surface area contributed by atoms with E-state index in [1.165, 1.54) is 12.5 Å². The number of halogens is 1. The third kappa shape index (κ3) is 3.89. The number of rotatable bonds is 5.